The first-order valence-electron chi connectivity index (χ1n) is 3.80. The van der Waals surface area contributed by atoms with E-state index >= 15 is 0 Å². The minimum Gasteiger partial charge on any atom is -0.318 e. The second kappa shape index (κ2) is 4.78. The molecule has 0 fully saturated rings. The Morgan fingerprint density at radius 3 is 3.14 bits per heavy atom. The maximum Gasteiger partial charge on any atom is 0.321 e. The summed E-state index contributed by atoms with van der Waals surface area (Å²) < 4.78 is 1.50. The lowest BCUT2D eigenvalue weighted by molar-refractivity contribution is 0.252. The molecule has 1 aromatic rings. The fraction of sp³-hybridized carbons (Fsp3) is 0.286. The average molecular weight is 195 g/mol. The van der Waals surface area contributed by atoms with Crippen molar-refractivity contribution in [3.63, 3.8) is 0 Å². The number of nitrogens with zero attached hydrogens (tertiary/aromatic N) is 3. The summed E-state index contributed by atoms with van der Waals surface area (Å²) in [5.41, 5.74) is 0. The molecule has 0 spiro atoms. The van der Waals surface area contributed by atoms with Crippen molar-refractivity contribution in [1.82, 2.24) is 15.1 Å². The number of anilines is 1. The van der Waals surface area contributed by atoms with Crippen molar-refractivity contribution in [2.24, 2.45) is 12.0 Å². The molecule has 0 aliphatic carbocycles. The zero-order valence-electron chi connectivity index (χ0n) is 7.52. The maximum atomic E-state index is 11.1. The van der Waals surface area contributed by atoms with E-state index < -0.39 is 6.03 Å². The predicted octanol–water partition coefficient (Wildman–Crippen LogP) is -0.165. The molecule has 7 heteroatoms. The molecule has 1 aromatic heterocycles. The molecule has 0 unspecified atom stereocenters. The Balaban J connectivity index is 2.41. The fourth-order valence-electron chi connectivity index (χ4n) is 0.801. The van der Waals surface area contributed by atoms with Gasteiger partial charge in [0.05, 0.1) is 6.20 Å². The monoisotopic (exact) mass is 195 g/mol. The van der Waals surface area contributed by atoms with Crippen molar-refractivity contribution in [3.8, 4) is 0 Å². The van der Waals surface area contributed by atoms with E-state index in [-0.39, 0.29) is 6.67 Å². The van der Waals surface area contributed by atoms with Gasteiger partial charge < -0.3 is 5.32 Å². The van der Waals surface area contributed by atoms with Crippen LogP contribution in [0.5, 0.6) is 0 Å². The van der Waals surface area contributed by atoms with Crippen LogP contribution in [0.4, 0.5) is 10.6 Å². The number of urea groups is 1. The summed E-state index contributed by atoms with van der Waals surface area (Å²) in [6.45, 7) is -0.0901. The molecule has 0 bridgehead atoms. The summed E-state index contributed by atoms with van der Waals surface area (Å²) in [7, 11) is 1.69. The highest BCUT2D eigenvalue weighted by molar-refractivity contribution is 5.88. The van der Waals surface area contributed by atoms with Crippen molar-refractivity contribution in [3.05, 3.63) is 12.3 Å². The van der Waals surface area contributed by atoms with Crippen LogP contribution in [0.1, 0.15) is 0 Å². The minimum absolute atomic E-state index is 0.0901. The molecule has 0 aliphatic rings. The number of amides is 2. The van der Waals surface area contributed by atoms with Crippen molar-refractivity contribution >= 4 is 17.9 Å². The summed E-state index contributed by atoms with van der Waals surface area (Å²) in [5.74, 6) is 0.553. The number of aryl methyl sites for hydroxylation is 1. The number of aliphatic imine (C=N–C) groups is 1. The average Bonchev–Trinajstić information content (AvgIpc) is 2.52. The summed E-state index contributed by atoms with van der Waals surface area (Å²) in [6, 6.07) is 1.19. The molecule has 14 heavy (non-hydrogen) atoms. The first-order chi connectivity index (χ1) is 6.74. The van der Waals surface area contributed by atoms with Gasteiger partial charge >= 0.3 is 6.03 Å². The Hall–Kier alpha value is -2.14. The van der Waals surface area contributed by atoms with Crippen LogP contribution < -0.4 is 10.6 Å². The van der Waals surface area contributed by atoms with Gasteiger partial charge in [-0.2, -0.15) is 10.1 Å². The summed E-state index contributed by atoms with van der Waals surface area (Å²) in [5, 5.41) is 8.69. The van der Waals surface area contributed by atoms with Gasteiger partial charge in [-0.05, 0) is 0 Å². The van der Waals surface area contributed by atoms with Crippen molar-refractivity contribution < 1.29 is 9.59 Å². The molecule has 74 valence electrons. The molecule has 0 aromatic carbocycles. The molecule has 0 atom stereocenters. The van der Waals surface area contributed by atoms with E-state index in [4.69, 9.17) is 0 Å². The highest BCUT2D eigenvalue weighted by Gasteiger charge is 2.02. The van der Waals surface area contributed by atoms with Crippen molar-refractivity contribution in [2.45, 2.75) is 0 Å². The van der Waals surface area contributed by atoms with Gasteiger partial charge in [0.2, 0.25) is 6.08 Å². The van der Waals surface area contributed by atoms with Crippen LogP contribution in [0.3, 0.4) is 0 Å². The third-order valence-corrected chi connectivity index (χ3v) is 1.45. The van der Waals surface area contributed by atoms with Gasteiger partial charge in [0.25, 0.3) is 0 Å². The summed E-state index contributed by atoms with van der Waals surface area (Å²) in [6.07, 6.45) is 2.86. The summed E-state index contributed by atoms with van der Waals surface area (Å²) in [4.78, 5) is 23.9. The van der Waals surface area contributed by atoms with Gasteiger partial charge in [0, 0.05) is 13.1 Å². The first-order valence-corrected chi connectivity index (χ1v) is 3.80. The van der Waals surface area contributed by atoms with Crippen molar-refractivity contribution in [1.29, 1.82) is 0 Å². The predicted molar refractivity (Wildman–Crippen MR) is 48.4 cm³/mol. The SMILES string of the molecule is Cn1nccc1NC(=O)NCN=C=O. The molecule has 1 rings (SSSR count). The Bertz CT molecular complexity index is 366. The molecule has 0 saturated heterocycles. The number of hydrogen-bond acceptors (Lipinski definition) is 4. The quantitative estimate of drug-likeness (QED) is 0.518. The standard InChI is InChI=1S/C7H9N5O2/c1-12-6(2-3-10-12)11-7(14)9-4-8-5-13/h2-3H,4H2,1H3,(H2,9,11,14). The molecule has 0 saturated carbocycles. The van der Waals surface area contributed by atoms with E-state index in [2.05, 4.69) is 20.7 Å². The van der Waals surface area contributed by atoms with E-state index in [1.165, 1.54) is 10.8 Å². The van der Waals surface area contributed by atoms with Gasteiger partial charge in [0.1, 0.15) is 12.5 Å². The van der Waals surface area contributed by atoms with Gasteiger partial charge in [-0.1, -0.05) is 0 Å². The van der Waals surface area contributed by atoms with Crippen LogP contribution in [0.15, 0.2) is 17.3 Å². The Labute approximate surface area is 79.8 Å². The summed E-state index contributed by atoms with van der Waals surface area (Å²) >= 11 is 0. The Morgan fingerprint density at radius 1 is 1.79 bits per heavy atom. The molecular formula is C7H9N5O2. The first kappa shape index (κ1) is 9.94. The number of carbonyl (C=O) groups is 1. The fourth-order valence-corrected chi connectivity index (χ4v) is 0.801. The third kappa shape index (κ3) is 2.72. The number of carbonyl (C=O) groups excluding carboxylic acids is 2. The van der Waals surface area contributed by atoms with E-state index in [1.807, 2.05) is 0 Å². The molecule has 1 heterocycles. The van der Waals surface area contributed by atoms with E-state index in [0.717, 1.165) is 0 Å². The molecule has 2 N–H and O–H groups in total. The third-order valence-electron chi connectivity index (χ3n) is 1.45. The van der Waals surface area contributed by atoms with Gasteiger partial charge in [0.15, 0.2) is 0 Å². The minimum atomic E-state index is -0.451. The topological polar surface area (TPSA) is 88.4 Å². The van der Waals surface area contributed by atoms with Crippen LogP contribution in [-0.2, 0) is 11.8 Å². The van der Waals surface area contributed by atoms with E-state index in [9.17, 15) is 9.59 Å². The molecule has 0 aliphatic heterocycles. The van der Waals surface area contributed by atoms with Gasteiger partial charge in [-0.15, -0.1) is 0 Å². The number of nitrogens with one attached hydrogen (secondary N) is 2. The van der Waals surface area contributed by atoms with Crippen LogP contribution in [0.2, 0.25) is 0 Å². The number of rotatable bonds is 3. The van der Waals surface area contributed by atoms with E-state index in [0.29, 0.717) is 5.82 Å². The van der Waals surface area contributed by atoms with Gasteiger partial charge in [-0.3, -0.25) is 10.00 Å². The van der Waals surface area contributed by atoms with Crippen LogP contribution in [-0.4, -0.2) is 28.6 Å². The molecule has 7 nitrogen and oxygen atoms in total. The normalized spacial score (nSPS) is 8.93. The highest BCUT2D eigenvalue weighted by atomic mass is 16.2. The number of hydrogen-bond donors (Lipinski definition) is 2. The lowest BCUT2D eigenvalue weighted by Gasteiger charge is -2.04. The zero-order chi connectivity index (χ0) is 10.4. The Morgan fingerprint density at radius 2 is 2.57 bits per heavy atom. The Kier molecular flexibility index (Phi) is 3.40. The van der Waals surface area contributed by atoms with E-state index in [1.54, 1.807) is 19.3 Å². The van der Waals surface area contributed by atoms with Crippen LogP contribution >= 0.6 is 0 Å². The van der Waals surface area contributed by atoms with Crippen LogP contribution in [0, 0.1) is 0 Å². The lowest BCUT2D eigenvalue weighted by atomic mass is 10.6. The van der Waals surface area contributed by atoms with Crippen LogP contribution in [0.25, 0.3) is 0 Å². The number of aromatic nitrogens is 2. The maximum absolute atomic E-state index is 11.1. The highest BCUT2D eigenvalue weighted by Crippen LogP contribution is 2.01. The number of isocyanates is 1. The molecular weight excluding hydrogens is 186 g/mol. The zero-order valence-corrected chi connectivity index (χ0v) is 7.52. The van der Waals surface area contributed by atoms with Crippen molar-refractivity contribution in [2.75, 3.05) is 12.0 Å². The molecule has 0 radical (unpaired) electrons. The van der Waals surface area contributed by atoms with Gasteiger partial charge in [-0.25, -0.2) is 9.59 Å². The largest absolute Gasteiger partial charge is 0.321 e. The molecule has 2 amide bonds. The smallest absolute Gasteiger partial charge is 0.318 e. The second-order valence-corrected chi connectivity index (χ2v) is 2.38. The second-order valence-electron chi connectivity index (χ2n) is 2.38. The lowest BCUT2D eigenvalue weighted by Crippen LogP contribution is -2.29.